The fraction of sp³-hybridized carbons (Fsp3) is 0.440. The van der Waals surface area contributed by atoms with E-state index < -0.39 is 41.3 Å². The van der Waals surface area contributed by atoms with Crippen LogP contribution in [0.25, 0.3) is 0 Å². The molecule has 0 bridgehead atoms. The molecule has 0 aromatic heterocycles. The maximum atomic E-state index is 13.2. The van der Waals surface area contributed by atoms with E-state index in [4.69, 9.17) is 4.74 Å². The molecule has 2 aromatic rings. The van der Waals surface area contributed by atoms with E-state index in [1.807, 2.05) is 42.5 Å². The Morgan fingerprint density at radius 3 is 2.35 bits per heavy atom. The van der Waals surface area contributed by atoms with Gasteiger partial charge in [-0.3, -0.25) is 4.90 Å². The summed E-state index contributed by atoms with van der Waals surface area (Å²) in [5.74, 6) is -0.911. The molecule has 1 saturated carbocycles. The number of carbonyl (C=O) groups excluding carboxylic acids is 2. The zero-order valence-electron chi connectivity index (χ0n) is 18.1. The highest BCUT2D eigenvalue weighted by Gasteiger charge is 2.64. The molecule has 1 spiro atoms. The van der Waals surface area contributed by atoms with E-state index in [1.165, 1.54) is 4.90 Å². The zero-order chi connectivity index (χ0) is 22.4. The number of ether oxygens (including phenoxy) is 1. The number of carbonyl (C=O) groups is 2. The van der Waals surface area contributed by atoms with Crippen molar-refractivity contribution < 1.29 is 24.5 Å². The zero-order valence-corrected chi connectivity index (χ0v) is 18.1. The highest BCUT2D eigenvalue weighted by atomic mass is 16.6. The average Bonchev–Trinajstić information content (AvgIpc) is 2.98. The van der Waals surface area contributed by atoms with Gasteiger partial charge in [0, 0.05) is 11.8 Å². The molecule has 6 heteroatoms. The molecule has 6 nitrogen and oxygen atoms in total. The minimum atomic E-state index is -1.39. The van der Waals surface area contributed by atoms with Crippen LogP contribution < -0.4 is 4.90 Å². The molecule has 2 aromatic carbocycles. The quantitative estimate of drug-likeness (QED) is 0.719. The van der Waals surface area contributed by atoms with Gasteiger partial charge in [0.15, 0.2) is 0 Å². The molecule has 5 atom stereocenters. The van der Waals surface area contributed by atoms with Crippen LogP contribution in [-0.4, -0.2) is 40.5 Å². The number of aliphatic hydroxyl groups is 2. The van der Waals surface area contributed by atoms with E-state index in [-0.39, 0.29) is 0 Å². The third-order valence-electron chi connectivity index (χ3n) is 6.49. The third kappa shape index (κ3) is 3.34. The van der Waals surface area contributed by atoms with Gasteiger partial charge < -0.3 is 19.7 Å². The summed E-state index contributed by atoms with van der Waals surface area (Å²) in [7, 11) is 0. The maximum absolute atomic E-state index is 13.2. The number of para-hydroxylation sites is 1. The van der Waals surface area contributed by atoms with E-state index in [9.17, 15) is 19.8 Å². The molecule has 31 heavy (non-hydrogen) atoms. The second kappa shape index (κ2) is 7.77. The van der Waals surface area contributed by atoms with Crippen molar-refractivity contribution in [1.29, 1.82) is 0 Å². The van der Waals surface area contributed by atoms with Gasteiger partial charge in [-0.1, -0.05) is 48.5 Å². The summed E-state index contributed by atoms with van der Waals surface area (Å²) in [6.07, 6.45) is -1.25. The maximum Gasteiger partial charge on any atom is 0.416 e. The second-order valence-corrected chi connectivity index (χ2v) is 9.46. The molecule has 1 aliphatic heterocycles. The van der Waals surface area contributed by atoms with Gasteiger partial charge in [0.2, 0.25) is 0 Å². The van der Waals surface area contributed by atoms with E-state index in [0.29, 0.717) is 24.1 Å². The molecule has 2 N–H and O–H groups in total. The molecule has 1 unspecified atom stereocenters. The van der Waals surface area contributed by atoms with Crippen molar-refractivity contribution in [3.63, 3.8) is 0 Å². The van der Waals surface area contributed by atoms with Crippen molar-refractivity contribution in [2.45, 2.75) is 62.9 Å². The summed E-state index contributed by atoms with van der Waals surface area (Å²) in [4.78, 5) is 26.5. The van der Waals surface area contributed by atoms with Crippen LogP contribution in [0.4, 0.5) is 10.5 Å². The second-order valence-electron chi connectivity index (χ2n) is 9.46. The highest BCUT2D eigenvalue weighted by Crippen LogP contribution is 2.59. The molecule has 0 radical (unpaired) electrons. The van der Waals surface area contributed by atoms with Crippen LogP contribution in [0.2, 0.25) is 0 Å². The lowest BCUT2D eigenvalue weighted by Gasteiger charge is -2.50. The summed E-state index contributed by atoms with van der Waals surface area (Å²) in [6, 6.07) is 16.6. The smallest absolute Gasteiger partial charge is 0.416 e. The number of rotatable bonds is 2. The van der Waals surface area contributed by atoms with Crippen molar-refractivity contribution >= 4 is 18.1 Å². The minimum absolute atomic E-state index is 0.348. The predicted octanol–water partition coefficient (Wildman–Crippen LogP) is 3.75. The van der Waals surface area contributed by atoms with Gasteiger partial charge >= 0.3 is 6.09 Å². The largest absolute Gasteiger partial charge is 0.443 e. The van der Waals surface area contributed by atoms with E-state index in [0.717, 1.165) is 11.8 Å². The lowest BCUT2D eigenvalue weighted by molar-refractivity contribution is -0.118. The number of hydrogen-bond donors (Lipinski definition) is 2. The van der Waals surface area contributed by atoms with Crippen LogP contribution in [0.1, 0.15) is 50.7 Å². The normalized spacial score (nSPS) is 30.2. The molecule has 0 saturated heterocycles. The Hall–Kier alpha value is -2.70. The Labute approximate surface area is 182 Å². The number of anilines is 1. The lowest BCUT2D eigenvalue weighted by atomic mass is 9.55. The standard InChI is InChI=1S/C25H29NO5/c1-24(2,3)31-23(30)26-19-12-8-7-11-18(19)25(22(26)29)20(28)14-13-17(15-27)21(25)16-9-5-4-6-10-16/h4-12,15,17,20-22,28-29H,13-14H2,1-3H3/t17-,20+,21-,22?,25+/m1/s1. The number of fused-ring (bicyclic) bond motifs is 2. The predicted molar refractivity (Wildman–Crippen MR) is 117 cm³/mol. The van der Waals surface area contributed by atoms with Crippen LogP contribution in [0.3, 0.4) is 0 Å². The first-order chi connectivity index (χ1) is 14.7. The monoisotopic (exact) mass is 423 g/mol. The number of nitrogens with zero attached hydrogens (tertiary/aromatic N) is 1. The van der Waals surface area contributed by atoms with Crippen LogP contribution in [0.15, 0.2) is 54.6 Å². The fourth-order valence-electron chi connectivity index (χ4n) is 5.37. The van der Waals surface area contributed by atoms with Crippen LogP contribution in [-0.2, 0) is 14.9 Å². The molecule has 4 rings (SSSR count). The summed E-state index contributed by atoms with van der Waals surface area (Å²) < 4.78 is 5.59. The number of hydrogen-bond acceptors (Lipinski definition) is 5. The molecule has 2 aliphatic rings. The summed E-state index contributed by atoms with van der Waals surface area (Å²) in [5.41, 5.74) is -0.00881. The van der Waals surface area contributed by atoms with Gasteiger partial charge in [-0.25, -0.2) is 4.79 Å². The SMILES string of the molecule is CC(C)(C)OC(=O)N1c2ccccc2[C@@]2(C1O)[C@H](c1ccccc1)[C@@H](C=O)CC[C@@H]2O. The van der Waals surface area contributed by atoms with Gasteiger partial charge in [0.05, 0.1) is 17.2 Å². The summed E-state index contributed by atoms with van der Waals surface area (Å²) in [5, 5.41) is 23.1. The Bertz CT molecular complexity index is 969. The van der Waals surface area contributed by atoms with Gasteiger partial charge in [0.1, 0.15) is 18.1 Å². The number of aliphatic hydroxyl groups excluding tert-OH is 2. The van der Waals surface area contributed by atoms with Crippen molar-refractivity contribution in [2.75, 3.05) is 4.90 Å². The Balaban J connectivity index is 1.94. The third-order valence-corrected chi connectivity index (χ3v) is 6.49. The van der Waals surface area contributed by atoms with Crippen LogP contribution in [0.5, 0.6) is 0 Å². The first-order valence-electron chi connectivity index (χ1n) is 10.7. The lowest BCUT2D eigenvalue weighted by Crippen LogP contribution is -2.60. The van der Waals surface area contributed by atoms with E-state index in [2.05, 4.69) is 0 Å². The molecule has 1 aliphatic carbocycles. The number of amides is 1. The molecular weight excluding hydrogens is 394 g/mol. The fourth-order valence-corrected chi connectivity index (χ4v) is 5.37. The average molecular weight is 424 g/mol. The topological polar surface area (TPSA) is 87.1 Å². The molecule has 1 fully saturated rings. The number of aldehydes is 1. The van der Waals surface area contributed by atoms with Gasteiger partial charge in [-0.05, 0) is 50.8 Å². The first-order valence-corrected chi connectivity index (χ1v) is 10.7. The minimum Gasteiger partial charge on any atom is -0.443 e. The van der Waals surface area contributed by atoms with Crippen LogP contribution >= 0.6 is 0 Å². The van der Waals surface area contributed by atoms with E-state index >= 15 is 0 Å². The van der Waals surface area contributed by atoms with Gasteiger partial charge in [-0.15, -0.1) is 0 Å². The van der Waals surface area contributed by atoms with E-state index in [1.54, 1.807) is 32.9 Å². The first kappa shape index (κ1) is 21.5. The van der Waals surface area contributed by atoms with Crippen LogP contribution in [0, 0.1) is 5.92 Å². The Kier molecular flexibility index (Phi) is 5.40. The molecule has 1 amide bonds. The summed E-state index contributed by atoms with van der Waals surface area (Å²) in [6.45, 7) is 5.29. The number of benzene rings is 2. The van der Waals surface area contributed by atoms with Crippen molar-refractivity contribution in [3.8, 4) is 0 Å². The van der Waals surface area contributed by atoms with Crippen molar-refractivity contribution in [3.05, 3.63) is 65.7 Å². The van der Waals surface area contributed by atoms with Crippen molar-refractivity contribution in [2.24, 2.45) is 5.92 Å². The highest BCUT2D eigenvalue weighted by molar-refractivity contribution is 5.93. The molecular formula is C25H29NO5. The van der Waals surface area contributed by atoms with Gasteiger partial charge in [0.25, 0.3) is 0 Å². The van der Waals surface area contributed by atoms with Crippen molar-refractivity contribution in [1.82, 2.24) is 0 Å². The van der Waals surface area contributed by atoms with Gasteiger partial charge in [-0.2, -0.15) is 0 Å². The summed E-state index contributed by atoms with van der Waals surface area (Å²) >= 11 is 0. The Morgan fingerprint density at radius 1 is 1.06 bits per heavy atom. The Morgan fingerprint density at radius 2 is 1.71 bits per heavy atom. The molecule has 164 valence electrons. The molecule has 1 heterocycles.